The Hall–Kier alpha value is -9.06. The molecule has 9 aromatic carbocycles. The Morgan fingerprint density at radius 3 is 1.53 bits per heavy atom. The normalized spacial score (nSPS) is 12.8. The Balaban J connectivity index is 0.969. The highest BCUT2D eigenvalue weighted by Crippen LogP contribution is 2.63. The second-order valence-corrected chi connectivity index (χ2v) is 17.7. The van der Waals surface area contributed by atoms with Crippen LogP contribution in [-0.4, -0.2) is 24.3 Å². The number of fused-ring (bicyclic) bond motifs is 12. The third-order valence-corrected chi connectivity index (χ3v) is 14.1. The van der Waals surface area contributed by atoms with Crippen molar-refractivity contribution in [3.05, 3.63) is 259 Å². The fourth-order valence-corrected chi connectivity index (χ4v) is 11.2. The SMILES string of the molecule is c1ccc(-c2nc(-c3ccc4c(c3)C3(c5ccccc5-c5ccccc53)c3ccccc3-4)nc(-c3c(-c4ccc(-c5c(-c6ccccc6)nc6ccccn56)cc4)ccc4ccccc34)n2)cc1. The summed E-state index contributed by atoms with van der Waals surface area (Å²) in [5.41, 5.74) is 19.7. The maximum absolute atomic E-state index is 5.52. The van der Waals surface area contributed by atoms with Crippen molar-refractivity contribution in [1.82, 2.24) is 24.3 Å². The third-order valence-electron chi connectivity index (χ3n) is 14.1. The van der Waals surface area contributed by atoms with Gasteiger partial charge in [-0.1, -0.05) is 212 Å². The summed E-state index contributed by atoms with van der Waals surface area (Å²) in [7, 11) is 0. The summed E-state index contributed by atoms with van der Waals surface area (Å²) in [6.07, 6.45) is 2.09. The lowest BCUT2D eigenvalue weighted by molar-refractivity contribution is 0.794. The summed E-state index contributed by atoms with van der Waals surface area (Å²) in [5, 5.41) is 2.18. The van der Waals surface area contributed by atoms with Crippen LogP contribution in [0, 0.1) is 0 Å². The molecular formula is C63H39N5. The minimum absolute atomic E-state index is 0.493. The van der Waals surface area contributed by atoms with Crippen LogP contribution >= 0.6 is 0 Å². The second-order valence-electron chi connectivity index (χ2n) is 17.7. The molecule has 0 fully saturated rings. The number of benzene rings is 9. The van der Waals surface area contributed by atoms with E-state index in [0.717, 1.165) is 66.8 Å². The fourth-order valence-electron chi connectivity index (χ4n) is 11.2. The number of pyridine rings is 1. The Bertz CT molecular complexity index is 3900. The van der Waals surface area contributed by atoms with Gasteiger partial charge < -0.3 is 0 Å². The van der Waals surface area contributed by atoms with Crippen LogP contribution in [0.3, 0.4) is 0 Å². The molecule has 0 bridgehead atoms. The molecule has 0 radical (unpaired) electrons. The van der Waals surface area contributed by atoms with Crippen molar-refractivity contribution in [1.29, 1.82) is 0 Å². The van der Waals surface area contributed by atoms with Gasteiger partial charge in [-0.15, -0.1) is 0 Å². The molecule has 68 heavy (non-hydrogen) atoms. The minimum Gasteiger partial charge on any atom is -0.299 e. The average Bonchev–Trinajstić information content (AvgIpc) is 4.05. The van der Waals surface area contributed by atoms with Gasteiger partial charge in [-0.05, 0) is 84.6 Å². The van der Waals surface area contributed by atoms with E-state index in [-0.39, 0.29) is 0 Å². The molecule has 0 aliphatic heterocycles. The first-order valence-electron chi connectivity index (χ1n) is 23.1. The van der Waals surface area contributed by atoms with Crippen LogP contribution in [0.5, 0.6) is 0 Å². The molecule has 0 saturated carbocycles. The summed E-state index contributed by atoms with van der Waals surface area (Å²) in [5.74, 6) is 1.86. The molecule has 2 aliphatic carbocycles. The number of rotatable bonds is 6. The van der Waals surface area contributed by atoms with Gasteiger partial charge in [0.1, 0.15) is 5.65 Å². The summed E-state index contributed by atoms with van der Waals surface area (Å²) >= 11 is 0. The van der Waals surface area contributed by atoms with Crippen LogP contribution in [-0.2, 0) is 5.41 Å². The molecule has 1 spiro atoms. The fraction of sp³-hybridized carbons (Fsp3) is 0.0159. The van der Waals surface area contributed by atoms with E-state index in [0.29, 0.717) is 17.5 Å². The van der Waals surface area contributed by atoms with Crippen molar-refractivity contribution in [3.8, 4) is 90.1 Å². The predicted octanol–water partition coefficient (Wildman–Crippen LogP) is 15.0. The molecule has 0 N–H and O–H groups in total. The van der Waals surface area contributed by atoms with Gasteiger partial charge >= 0.3 is 0 Å². The van der Waals surface area contributed by atoms with E-state index in [1.54, 1.807) is 0 Å². The predicted molar refractivity (Wildman–Crippen MR) is 275 cm³/mol. The van der Waals surface area contributed by atoms with E-state index in [9.17, 15) is 0 Å². The van der Waals surface area contributed by atoms with E-state index in [1.165, 1.54) is 44.5 Å². The van der Waals surface area contributed by atoms with Gasteiger partial charge in [-0.2, -0.15) is 0 Å². The number of imidazole rings is 1. The molecule has 316 valence electrons. The van der Waals surface area contributed by atoms with Crippen molar-refractivity contribution in [2.45, 2.75) is 5.41 Å². The second kappa shape index (κ2) is 15.0. The first-order valence-corrected chi connectivity index (χ1v) is 23.1. The molecule has 5 nitrogen and oxygen atoms in total. The van der Waals surface area contributed by atoms with Gasteiger partial charge in [0.05, 0.1) is 16.8 Å². The monoisotopic (exact) mass is 865 g/mol. The Labute approximate surface area is 393 Å². The largest absolute Gasteiger partial charge is 0.299 e. The van der Waals surface area contributed by atoms with E-state index < -0.39 is 5.41 Å². The molecule has 3 heterocycles. The molecule has 0 atom stereocenters. The molecule has 0 amide bonds. The Morgan fingerprint density at radius 2 is 0.838 bits per heavy atom. The van der Waals surface area contributed by atoms with E-state index in [1.807, 2.05) is 30.3 Å². The van der Waals surface area contributed by atoms with Crippen LogP contribution < -0.4 is 0 Å². The zero-order chi connectivity index (χ0) is 44.8. The van der Waals surface area contributed by atoms with Gasteiger partial charge in [0.25, 0.3) is 0 Å². The molecule has 2 aliphatic rings. The third kappa shape index (κ3) is 5.63. The van der Waals surface area contributed by atoms with Gasteiger partial charge in [0, 0.05) is 34.0 Å². The molecule has 0 saturated heterocycles. The minimum atomic E-state index is -0.493. The van der Waals surface area contributed by atoms with Crippen molar-refractivity contribution in [2.75, 3.05) is 0 Å². The van der Waals surface area contributed by atoms with Crippen LogP contribution in [0.15, 0.2) is 237 Å². The molecular weight excluding hydrogens is 827 g/mol. The van der Waals surface area contributed by atoms with Crippen LogP contribution in [0.2, 0.25) is 0 Å². The topological polar surface area (TPSA) is 56.0 Å². The molecule has 12 aromatic rings. The summed E-state index contributed by atoms with van der Waals surface area (Å²) in [4.78, 5) is 21.3. The smallest absolute Gasteiger partial charge is 0.165 e. The molecule has 0 unspecified atom stereocenters. The quantitative estimate of drug-likeness (QED) is 0.167. The highest BCUT2D eigenvalue weighted by Gasteiger charge is 2.51. The first kappa shape index (κ1) is 38.2. The highest BCUT2D eigenvalue weighted by atomic mass is 15.0. The summed E-state index contributed by atoms with van der Waals surface area (Å²) in [6.45, 7) is 0. The molecule has 3 aromatic heterocycles. The lowest BCUT2D eigenvalue weighted by Gasteiger charge is -2.30. The van der Waals surface area contributed by atoms with E-state index in [2.05, 4.69) is 211 Å². The van der Waals surface area contributed by atoms with Gasteiger partial charge in [-0.3, -0.25) is 4.40 Å². The lowest BCUT2D eigenvalue weighted by Crippen LogP contribution is -2.25. The van der Waals surface area contributed by atoms with E-state index in [4.69, 9.17) is 19.9 Å². The van der Waals surface area contributed by atoms with Crippen molar-refractivity contribution >= 4 is 16.4 Å². The van der Waals surface area contributed by atoms with Gasteiger partial charge in [0.15, 0.2) is 17.5 Å². The van der Waals surface area contributed by atoms with Gasteiger partial charge in [0.2, 0.25) is 0 Å². The summed E-state index contributed by atoms with van der Waals surface area (Å²) < 4.78 is 2.18. The number of hydrogen-bond donors (Lipinski definition) is 0. The zero-order valence-corrected chi connectivity index (χ0v) is 36.8. The Kier molecular flexibility index (Phi) is 8.43. The molecule has 14 rings (SSSR count). The lowest BCUT2D eigenvalue weighted by atomic mass is 9.70. The van der Waals surface area contributed by atoms with E-state index >= 15 is 0 Å². The number of nitrogens with zero attached hydrogens (tertiary/aromatic N) is 5. The van der Waals surface area contributed by atoms with Crippen LogP contribution in [0.25, 0.3) is 106 Å². The highest BCUT2D eigenvalue weighted by molar-refractivity contribution is 6.03. The average molecular weight is 866 g/mol. The first-order chi connectivity index (χ1) is 33.7. The van der Waals surface area contributed by atoms with Crippen LogP contribution in [0.1, 0.15) is 22.3 Å². The standard InChI is InChI=1S/C63H39N5/c1-3-18-42(19-4-1)58-59(68-38-16-15-29-56(68)64-58)43-32-30-41(31-33-43)47-36-34-40-17-7-8-22-46(40)57(47)62-66-60(44-20-5-2-6-21-44)65-61(67-62)45-35-37-51-50-25-11-14-28-54(50)63(55(51)39-45)52-26-12-9-23-48(52)49-24-10-13-27-53(49)63/h1-39H. The molecule has 5 heteroatoms. The maximum atomic E-state index is 5.52. The Morgan fingerprint density at radius 1 is 0.324 bits per heavy atom. The summed E-state index contributed by atoms with van der Waals surface area (Å²) in [6, 6.07) is 82.3. The van der Waals surface area contributed by atoms with Crippen molar-refractivity contribution in [3.63, 3.8) is 0 Å². The van der Waals surface area contributed by atoms with Crippen molar-refractivity contribution < 1.29 is 0 Å². The van der Waals surface area contributed by atoms with Gasteiger partial charge in [-0.25, -0.2) is 19.9 Å². The maximum Gasteiger partial charge on any atom is 0.165 e. The van der Waals surface area contributed by atoms with Crippen molar-refractivity contribution in [2.24, 2.45) is 0 Å². The number of hydrogen-bond acceptors (Lipinski definition) is 4. The van der Waals surface area contributed by atoms with Crippen LogP contribution in [0.4, 0.5) is 0 Å². The zero-order valence-electron chi connectivity index (χ0n) is 36.8. The number of aromatic nitrogens is 5.